The van der Waals surface area contributed by atoms with Crippen LogP contribution in [0.2, 0.25) is 0 Å². The number of hydrogen-bond acceptors (Lipinski definition) is 5. The minimum absolute atomic E-state index is 0.344. The average molecular weight is 411 g/mol. The second kappa shape index (κ2) is 7.78. The molecule has 0 bridgehead atoms. The van der Waals surface area contributed by atoms with Gasteiger partial charge in [0.25, 0.3) is 0 Å². The highest BCUT2D eigenvalue weighted by Gasteiger charge is 2.25. The fourth-order valence-electron chi connectivity index (χ4n) is 4.92. The lowest BCUT2D eigenvalue weighted by atomic mass is 9.97. The second-order valence-corrected chi connectivity index (χ2v) is 8.43. The molecular formula is C25H26N6. The van der Waals surface area contributed by atoms with Gasteiger partial charge in [-0.25, -0.2) is 15.0 Å². The van der Waals surface area contributed by atoms with E-state index in [1.807, 2.05) is 12.4 Å². The lowest BCUT2D eigenvalue weighted by molar-refractivity contribution is 0.461. The van der Waals surface area contributed by atoms with Crippen molar-refractivity contribution in [2.75, 3.05) is 31.1 Å². The van der Waals surface area contributed by atoms with Crippen LogP contribution in [0.25, 0.3) is 22.2 Å². The van der Waals surface area contributed by atoms with E-state index in [0.29, 0.717) is 6.04 Å². The molecule has 6 rings (SSSR count). The fourth-order valence-corrected chi connectivity index (χ4v) is 4.92. The van der Waals surface area contributed by atoms with Crippen molar-refractivity contribution >= 4 is 17.0 Å². The molecule has 2 aliphatic heterocycles. The molecule has 0 radical (unpaired) electrons. The Balaban J connectivity index is 1.38. The molecule has 1 atom stereocenters. The van der Waals surface area contributed by atoms with E-state index >= 15 is 0 Å². The average Bonchev–Trinajstić information content (AvgIpc) is 3.23. The molecule has 2 aromatic heterocycles. The number of rotatable bonds is 3. The van der Waals surface area contributed by atoms with E-state index in [1.165, 1.54) is 23.3 Å². The van der Waals surface area contributed by atoms with E-state index in [4.69, 9.17) is 4.98 Å². The molecule has 0 spiro atoms. The van der Waals surface area contributed by atoms with E-state index in [2.05, 4.69) is 73.3 Å². The zero-order valence-corrected chi connectivity index (χ0v) is 17.5. The molecule has 4 heterocycles. The summed E-state index contributed by atoms with van der Waals surface area (Å²) in [5, 5.41) is 3.37. The largest absolute Gasteiger partial charge is 0.338 e. The number of hydrogen-bond donors (Lipinski definition) is 1. The normalized spacial score (nSPS) is 18.8. The maximum absolute atomic E-state index is 4.96. The molecule has 31 heavy (non-hydrogen) atoms. The molecule has 1 unspecified atom stereocenters. The Morgan fingerprint density at radius 1 is 0.903 bits per heavy atom. The van der Waals surface area contributed by atoms with Crippen LogP contribution in [0.4, 0.5) is 5.95 Å². The molecule has 156 valence electrons. The number of piperazine rings is 1. The van der Waals surface area contributed by atoms with Gasteiger partial charge in [-0.2, -0.15) is 0 Å². The van der Waals surface area contributed by atoms with Crippen molar-refractivity contribution in [2.45, 2.75) is 25.3 Å². The summed E-state index contributed by atoms with van der Waals surface area (Å²) in [6.45, 7) is 3.87. The van der Waals surface area contributed by atoms with Gasteiger partial charge in [0.2, 0.25) is 5.95 Å². The summed E-state index contributed by atoms with van der Waals surface area (Å²) in [6, 6.07) is 17.7. The standard InChI is InChI=1S/C25H26N6/c1-2-5-18(6-3-1)22-7-4-8-24-29-21-10-9-19(15-23(21)31(22)24)20-16-27-25(28-17-20)30-13-11-26-12-14-30/h1-3,5-6,9-10,15-17,22,26H,4,7-8,11-14H2. The van der Waals surface area contributed by atoms with Gasteiger partial charge in [-0.3, -0.25) is 0 Å². The highest BCUT2D eigenvalue weighted by molar-refractivity contribution is 5.83. The van der Waals surface area contributed by atoms with Crippen LogP contribution < -0.4 is 10.2 Å². The van der Waals surface area contributed by atoms with Crippen molar-refractivity contribution in [2.24, 2.45) is 0 Å². The molecule has 1 fully saturated rings. The fraction of sp³-hybridized carbons (Fsp3) is 0.320. The minimum atomic E-state index is 0.344. The van der Waals surface area contributed by atoms with Gasteiger partial charge in [0.1, 0.15) is 5.82 Å². The first-order valence-corrected chi connectivity index (χ1v) is 11.2. The molecule has 2 aromatic carbocycles. The number of anilines is 1. The van der Waals surface area contributed by atoms with Crippen LogP contribution >= 0.6 is 0 Å². The number of imidazole rings is 1. The summed E-state index contributed by atoms with van der Waals surface area (Å²) in [6.07, 6.45) is 7.27. The Labute approximate surface area is 182 Å². The summed E-state index contributed by atoms with van der Waals surface area (Å²) in [5.41, 5.74) is 5.81. The van der Waals surface area contributed by atoms with Crippen molar-refractivity contribution < 1.29 is 0 Å². The predicted molar refractivity (Wildman–Crippen MR) is 123 cm³/mol. The molecule has 0 amide bonds. The Bertz CT molecular complexity index is 1190. The molecule has 1 saturated heterocycles. The quantitative estimate of drug-likeness (QED) is 0.556. The van der Waals surface area contributed by atoms with Crippen LogP contribution in [0.5, 0.6) is 0 Å². The molecule has 1 N–H and O–H groups in total. The third-order valence-corrected chi connectivity index (χ3v) is 6.51. The van der Waals surface area contributed by atoms with E-state index in [-0.39, 0.29) is 0 Å². The van der Waals surface area contributed by atoms with Gasteiger partial charge in [-0.15, -0.1) is 0 Å². The maximum atomic E-state index is 4.96. The number of fused-ring (bicyclic) bond motifs is 3. The molecule has 6 heteroatoms. The monoisotopic (exact) mass is 410 g/mol. The van der Waals surface area contributed by atoms with Gasteiger partial charge < -0.3 is 14.8 Å². The number of benzene rings is 2. The Morgan fingerprint density at radius 2 is 1.71 bits per heavy atom. The van der Waals surface area contributed by atoms with Gasteiger partial charge in [-0.05, 0) is 36.1 Å². The summed E-state index contributed by atoms with van der Waals surface area (Å²) in [7, 11) is 0. The predicted octanol–water partition coefficient (Wildman–Crippen LogP) is 3.83. The number of nitrogens with zero attached hydrogens (tertiary/aromatic N) is 5. The summed E-state index contributed by atoms with van der Waals surface area (Å²) < 4.78 is 2.45. The topological polar surface area (TPSA) is 58.9 Å². The first-order chi connectivity index (χ1) is 15.4. The zero-order chi connectivity index (χ0) is 20.6. The van der Waals surface area contributed by atoms with E-state index < -0.39 is 0 Å². The van der Waals surface area contributed by atoms with Crippen molar-refractivity contribution in [3.8, 4) is 11.1 Å². The summed E-state index contributed by atoms with van der Waals surface area (Å²) >= 11 is 0. The summed E-state index contributed by atoms with van der Waals surface area (Å²) in [4.78, 5) is 16.5. The van der Waals surface area contributed by atoms with Crippen LogP contribution in [0.1, 0.15) is 30.3 Å². The lowest BCUT2D eigenvalue weighted by Crippen LogP contribution is -2.44. The van der Waals surface area contributed by atoms with Gasteiger partial charge in [0, 0.05) is 50.6 Å². The lowest BCUT2D eigenvalue weighted by Gasteiger charge is -2.27. The molecule has 0 saturated carbocycles. The number of aromatic nitrogens is 4. The van der Waals surface area contributed by atoms with Crippen LogP contribution in [0, 0.1) is 0 Å². The highest BCUT2D eigenvalue weighted by Crippen LogP contribution is 2.35. The van der Waals surface area contributed by atoms with Crippen LogP contribution in [-0.2, 0) is 6.42 Å². The summed E-state index contributed by atoms with van der Waals surface area (Å²) in [5.74, 6) is 2.01. The Morgan fingerprint density at radius 3 is 2.52 bits per heavy atom. The van der Waals surface area contributed by atoms with E-state index in [0.717, 1.165) is 61.6 Å². The van der Waals surface area contributed by atoms with Crippen LogP contribution in [0.15, 0.2) is 60.9 Å². The molecule has 2 aliphatic rings. The zero-order valence-electron chi connectivity index (χ0n) is 17.5. The number of nitrogens with one attached hydrogen (secondary N) is 1. The SMILES string of the molecule is c1ccc(C2CCCc3nc4ccc(-c5cnc(N6CCNCC6)nc5)cc4n32)cc1. The Kier molecular flexibility index (Phi) is 4.65. The maximum Gasteiger partial charge on any atom is 0.225 e. The van der Waals surface area contributed by atoms with Crippen molar-refractivity contribution in [1.29, 1.82) is 0 Å². The Hall–Kier alpha value is -3.25. The van der Waals surface area contributed by atoms with E-state index in [1.54, 1.807) is 0 Å². The first kappa shape index (κ1) is 18.5. The van der Waals surface area contributed by atoms with Crippen LogP contribution in [0.3, 0.4) is 0 Å². The van der Waals surface area contributed by atoms with Crippen molar-refractivity contribution in [1.82, 2.24) is 24.8 Å². The molecular weight excluding hydrogens is 384 g/mol. The minimum Gasteiger partial charge on any atom is -0.338 e. The van der Waals surface area contributed by atoms with Crippen molar-refractivity contribution in [3.05, 3.63) is 72.3 Å². The number of aryl methyl sites for hydroxylation is 1. The smallest absolute Gasteiger partial charge is 0.225 e. The van der Waals surface area contributed by atoms with Crippen LogP contribution in [-0.4, -0.2) is 45.7 Å². The third kappa shape index (κ3) is 3.37. The second-order valence-electron chi connectivity index (χ2n) is 8.43. The van der Waals surface area contributed by atoms with Gasteiger partial charge in [0.15, 0.2) is 0 Å². The van der Waals surface area contributed by atoms with Crippen molar-refractivity contribution in [3.63, 3.8) is 0 Å². The van der Waals surface area contributed by atoms with Gasteiger partial charge in [0.05, 0.1) is 17.1 Å². The highest BCUT2D eigenvalue weighted by atomic mass is 15.3. The first-order valence-electron chi connectivity index (χ1n) is 11.2. The third-order valence-electron chi connectivity index (χ3n) is 6.51. The van der Waals surface area contributed by atoms with E-state index in [9.17, 15) is 0 Å². The molecule has 0 aliphatic carbocycles. The molecule has 4 aromatic rings. The molecule has 6 nitrogen and oxygen atoms in total. The van der Waals surface area contributed by atoms with Gasteiger partial charge in [-0.1, -0.05) is 36.4 Å². The van der Waals surface area contributed by atoms with Gasteiger partial charge >= 0.3 is 0 Å².